The fraction of sp³-hybridized carbons (Fsp3) is 0.0667. The summed E-state index contributed by atoms with van der Waals surface area (Å²) in [4.78, 5) is 16.2. The third-order valence-electron chi connectivity index (χ3n) is 3.01. The Balaban J connectivity index is 2.04. The molecule has 0 aliphatic rings. The summed E-state index contributed by atoms with van der Waals surface area (Å²) in [6, 6.07) is 11.6. The van der Waals surface area contributed by atoms with Crippen LogP contribution in [0.1, 0.15) is 11.1 Å². The van der Waals surface area contributed by atoms with Crippen molar-refractivity contribution >= 4 is 37.5 Å². The van der Waals surface area contributed by atoms with E-state index in [2.05, 4.69) is 36.8 Å². The number of nitrogens with zero attached hydrogens (tertiary/aromatic N) is 2. The van der Waals surface area contributed by atoms with Crippen LogP contribution in [-0.2, 0) is 6.42 Å². The zero-order valence-corrected chi connectivity index (χ0v) is 13.6. The minimum Gasteiger partial charge on any atom is -0.307 e. The lowest BCUT2D eigenvalue weighted by molar-refractivity contribution is 0.999. The van der Waals surface area contributed by atoms with Crippen molar-refractivity contribution in [3.63, 3.8) is 0 Å². The third-order valence-corrected chi connectivity index (χ3v) is 4.01. The van der Waals surface area contributed by atoms with Gasteiger partial charge in [-0.15, -0.1) is 0 Å². The maximum atomic E-state index is 12.0. The highest BCUT2D eigenvalue weighted by atomic mass is 79.9. The Bertz CT molecular complexity index is 825. The van der Waals surface area contributed by atoms with Crippen LogP contribution in [0.15, 0.2) is 62.5 Å². The first kappa shape index (κ1) is 13.5. The molecule has 0 unspecified atom stereocenters. The first-order valence-corrected chi connectivity index (χ1v) is 7.62. The second-order valence-corrected chi connectivity index (χ2v) is 6.32. The molecule has 0 atom stereocenters. The van der Waals surface area contributed by atoms with Gasteiger partial charge in [0.25, 0.3) is 5.56 Å². The lowest BCUT2D eigenvalue weighted by Crippen LogP contribution is -2.15. The number of hydrogen-bond acceptors (Lipinski definition) is 2. The van der Waals surface area contributed by atoms with E-state index < -0.39 is 0 Å². The SMILES string of the molecule is O=c1nc2ccc(Br)cn2cc1Cc1ccc(Br)cc1. The van der Waals surface area contributed by atoms with Crippen LogP contribution < -0.4 is 5.56 Å². The molecule has 0 bridgehead atoms. The van der Waals surface area contributed by atoms with Gasteiger partial charge in [-0.1, -0.05) is 28.1 Å². The smallest absolute Gasteiger partial charge is 0.276 e. The molecule has 0 fully saturated rings. The van der Waals surface area contributed by atoms with Crippen molar-refractivity contribution in [2.75, 3.05) is 0 Å². The Morgan fingerprint density at radius 3 is 2.40 bits per heavy atom. The summed E-state index contributed by atoms with van der Waals surface area (Å²) < 4.78 is 3.84. The lowest BCUT2D eigenvalue weighted by atomic mass is 10.1. The highest BCUT2D eigenvalue weighted by molar-refractivity contribution is 9.10. The molecule has 0 N–H and O–H groups in total. The molecule has 3 nitrogen and oxygen atoms in total. The summed E-state index contributed by atoms with van der Waals surface area (Å²) in [5.74, 6) is 0. The van der Waals surface area contributed by atoms with Crippen LogP contribution in [0, 0.1) is 0 Å². The fourth-order valence-electron chi connectivity index (χ4n) is 2.02. The summed E-state index contributed by atoms with van der Waals surface area (Å²) >= 11 is 6.82. The van der Waals surface area contributed by atoms with Gasteiger partial charge < -0.3 is 4.40 Å². The average molecular weight is 394 g/mol. The van der Waals surface area contributed by atoms with Gasteiger partial charge in [-0.05, 0) is 45.8 Å². The van der Waals surface area contributed by atoms with Crippen LogP contribution in [0.2, 0.25) is 0 Å². The highest BCUT2D eigenvalue weighted by Gasteiger charge is 2.05. The molecule has 100 valence electrons. The van der Waals surface area contributed by atoms with Crippen molar-refractivity contribution < 1.29 is 0 Å². The van der Waals surface area contributed by atoms with E-state index in [-0.39, 0.29) is 5.56 Å². The average Bonchev–Trinajstić information content (AvgIpc) is 2.42. The van der Waals surface area contributed by atoms with Gasteiger partial charge in [0.2, 0.25) is 0 Å². The molecule has 0 spiro atoms. The van der Waals surface area contributed by atoms with E-state index in [0.717, 1.165) is 14.5 Å². The molecule has 0 aliphatic heterocycles. The normalized spacial score (nSPS) is 10.9. The number of fused-ring (bicyclic) bond motifs is 1. The van der Waals surface area contributed by atoms with Gasteiger partial charge in [0, 0.05) is 33.3 Å². The Kier molecular flexibility index (Phi) is 3.72. The van der Waals surface area contributed by atoms with Crippen molar-refractivity contribution in [1.29, 1.82) is 0 Å². The maximum absolute atomic E-state index is 12.0. The summed E-state index contributed by atoms with van der Waals surface area (Å²) in [6.07, 6.45) is 4.32. The van der Waals surface area contributed by atoms with Crippen LogP contribution >= 0.6 is 31.9 Å². The van der Waals surface area contributed by atoms with Crippen molar-refractivity contribution in [2.24, 2.45) is 0 Å². The lowest BCUT2D eigenvalue weighted by Gasteiger charge is -2.05. The Morgan fingerprint density at radius 2 is 1.65 bits per heavy atom. The molecule has 0 radical (unpaired) electrons. The fourth-order valence-corrected chi connectivity index (χ4v) is 2.64. The molecule has 3 aromatic rings. The van der Waals surface area contributed by atoms with Crippen molar-refractivity contribution in [1.82, 2.24) is 9.38 Å². The van der Waals surface area contributed by atoms with Gasteiger partial charge in [0.15, 0.2) is 0 Å². The standard InChI is InChI=1S/C15H10Br2N2O/c16-12-3-1-10(2-4-12)7-11-8-19-9-13(17)5-6-14(19)18-15(11)20/h1-6,8-9H,7H2. The second-order valence-electron chi connectivity index (χ2n) is 4.49. The van der Waals surface area contributed by atoms with Crippen molar-refractivity contribution in [3.05, 3.63) is 79.2 Å². The third kappa shape index (κ3) is 2.83. The van der Waals surface area contributed by atoms with Crippen LogP contribution in [-0.4, -0.2) is 9.38 Å². The van der Waals surface area contributed by atoms with Crippen LogP contribution in [0.3, 0.4) is 0 Å². The number of hydrogen-bond donors (Lipinski definition) is 0. The molecule has 2 aromatic heterocycles. The van der Waals surface area contributed by atoms with Crippen molar-refractivity contribution in [2.45, 2.75) is 6.42 Å². The molecular formula is C15H10Br2N2O. The number of halogens is 2. The van der Waals surface area contributed by atoms with Gasteiger partial charge in [-0.25, -0.2) is 0 Å². The molecule has 0 aliphatic carbocycles. The summed E-state index contributed by atoms with van der Waals surface area (Å²) in [7, 11) is 0. The highest BCUT2D eigenvalue weighted by Crippen LogP contribution is 2.14. The van der Waals surface area contributed by atoms with Gasteiger partial charge >= 0.3 is 0 Å². The number of pyridine rings is 1. The van der Waals surface area contributed by atoms with E-state index >= 15 is 0 Å². The summed E-state index contributed by atoms with van der Waals surface area (Å²) in [5, 5.41) is 0. The van der Waals surface area contributed by atoms with E-state index in [1.807, 2.05) is 53.2 Å². The van der Waals surface area contributed by atoms with Crippen molar-refractivity contribution in [3.8, 4) is 0 Å². The van der Waals surface area contributed by atoms with E-state index in [4.69, 9.17) is 0 Å². The molecule has 0 amide bonds. The largest absolute Gasteiger partial charge is 0.307 e. The zero-order valence-electron chi connectivity index (χ0n) is 10.4. The Hall–Kier alpha value is -1.46. The molecule has 2 heterocycles. The number of rotatable bonds is 2. The summed E-state index contributed by atoms with van der Waals surface area (Å²) in [6.45, 7) is 0. The minimum absolute atomic E-state index is 0.171. The molecule has 1 aromatic carbocycles. The van der Waals surface area contributed by atoms with Gasteiger partial charge in [0.05, 0.1) is 0 Å². The van der Waals surface area contributed by atoms with E-state index in [9.17, 15) is 4.79 Å². The van der Waals surface area contributed by atoms with Crippen LogP contribution in [0.4, 0.5) is 0 Å². The molecule has 0 saturated heterocycles. The van der Waals surface area contributed by atoms with Gasteiger partial charge in [0.1, 0.15) is 5.65 Å². The number of aromatic nitrogens is 2. The monoisotopic (exact) mass is 392 g/mol. The Morgan fingerprint density at radius 1 is 0.950 bits per heavy atom. The van der Waals surface area contributed by atoms with Crippen LogP contribution in [0.5, 0.6) is 0 Å². The predicted molar refractivity (Wildman–Crippen MR) is 86.1 cm³/mol. The first-order valence-electron chi connectivity index (χ1n) is 6.04. The minimum atomic E-state index is -0.171. The molecule has 3 rings (SSSR count). The quantitative estimate of drug-likeness (QED) is 0.663. The predicted octanol–water partition coefficient (Wildman–Crippen LogP) is 3.81. The first-order chi connectivity index (χ1) is 9.61. The zero-order chi connectivity index (χ0) is 14.1. The maximum Gasteiger partial charge on any atom is 0.276 e. The van der Waals surface area contributed by atoms with E-state index in [1.165, 1.54) is 0 Å². The van der Waals surface area contributed by atoms with Gasteiger partial charge in [-0.3, -0.25) is 4.79 Å². The second kappa shape index (κ2) is 5.50. The molecule has 20 heavy (non-hydrogen) atoms. The van der Waals surface area contributed by atoms with Crippen LogP contribution in [0.25, 0.3) is 5.65 Å². The van der Waals surface area contributed by atoms with E-state index in [1.54, 1.807) is 0 Å². The van der Waals surface area contributed by atoms with E-state index in [0.29, 0.717) is 17.6 Å². The molecular weight excluding hydrogens is 384 g/mol. The Labute approximate surface area is 132 Å². The van der Waals surface area contributed by atoms with Gasteiger partial charge in [-0.2, -0.15) is 4.98 Å². The number of benzene rings is 1. The summed E-state index contributed by atoms with van der Waals surface area (Å²) in [5.41, 5.74) is 2.25. The molecule has 5 heteroatoms. The topological polar surface area (TPSA) is 34.4 Å². The molecule has 0 saturated carbocycles.